The summed E-state index contributed by atoms with van der Waals surface area (Å²) in [6.07, 6.45) is 0. The van der Waals surface area contributed by atoms with Crippen molar-refractivity contribution in [3.8, 4) is 0 Å². The lowest BCUT2D eigenvalue weighted by Gasteiger charge is -2.18. The van der Waals surface area contributed by atoms with Crippen LogP contribution < -0.4 is 10.6 Å². The van der Waals surface area contributed by atoms with E-state index in [0.29, 0.717) is 32.0 Å². The minimum absolute atomic E-state index is 0.229. The second-order valence-corrected chi connectivity index (χ2v) is 10.0. The number of amides is 2. The van der Waals surface area contributed by atoms with Gasteiger partial charge in [0, 0.05) is 36.9 Å². The van der Waals surface area contributed by atoms with Crippen LogP contribution in [0.25, 0.3) is 0 Å². The van der Waals surface area contributed by atoms with E-state index in [0.717, 1.165) is 10.5 Å². The maximum absolute atomic E-state index is 13.3. The molecule has 2 amide bonds. The molecule has 8 heteroatoms. The highest BCUT2D eigenvalue weighted by atomic mass is 35.5. The number of benzene rings is 4. The second-order valence-electron chi connectivity index (χ2n) is 7.55. The summed E-state index contributed by atoms with van der Waals surface area (Å²) in [6, 6.07) is 28.4. The maximum atomic E-state index is 13.3. The van der Waals surface area contributed by atoms with Gasteiger partial charge in [0.05, 0.1) is 0 Å². The Kier molecular flexibility index (Phi) is 8.37. The molecule has 4 rings (SSSR count). The van der Waals surface area contributed by atoms with Crippen LogP contribution in [0.4, 0.5) is 11.4 Å². The molecule has 176 valence electrons. The van der Waals surface area contributed by atoms with Crippen LogP contribution in [0.15, 0.2) is 102 Å². The monoisotopic (exact) mass is 540 g/mol. The Labute approximate surface area is 222 Å². The Hall–Kier alpha value is -2.96. The zero-order valence-electron chi connectivity index (χ0n) is 18.2. The molecule has 1 unspecified atom stereocenters. The molecule has 0 aliphatic rings. The van der Waals surface area contributed by atoms with Gasteiger partial charge < -0.3 is 10.6 Å². The fourth-order valence-electron chi connectivity index (χ4n) is 3.35. The van der Waals surface area contributed by atoms with Crippen molar-refractivity contribution in [2.45, 2.75) is 10.1 Å². The smallest absolute Gasteiger partial charge is 0.255 e. The van der Waals surface area contributed by atoms with Crippen molar-refractivity contribution in [3.63, 3.8) is 0 Å². The first kappa shape index (κ1) is 25.1. The lowest BCUT2D eigenvalue weighted by Crippen LogP contribution is -2.19. The molecule has 0 bridgehead atoms. The van der Waals surface area contributed by atoms with E-state index >= 15 is 0 Å². The van der Waals surface area contributed by atoms with Gasteiger partial charge in [-0.2, -0.15) is 0 Å². The molecule has 1 atom stereocenters. The molecule has 0 spiro atoms. The van der Waals surface area contributed by atoms with Crippen molar-refractivity contribution in [2.24, 2.45) is 0 Å². The summed E-state index contributed by atoms with van der Waals surface area (Å²) in [5, 5.41) is 6.57. The molecule has 2 N–H and O–H groups in total. The Bertz CT molecular complexity index is 1350. The van der Waals surface area contributed by atoms with Crippen LogP contribution in [0.2, 0.25) is 15.1 Å². The van der Waals surface area contributed by atoms with E-state index in [2.05, 4.69) is 10.6 Å². The average molecular weight is 542 g/mol. The lowest BCUT2D eigenvalue weighted by atomic mass is 10.1. The van der Waals surface area contributed by atoms with Gasteiger partial charge in [-0.25, -0.2) is 0 Å². The molecule has 4 aromatic rings. The third kappa shape index (κ3) is 7.03. The predicted molar refractivity (Wildman–Crippen MR) is 146 cm³/mol. The summed E-state index contributed by atoms with van der Waals surface area (Å²) >= 11 is 19.5. The van der Waals surface area contributed by atoms with Crippen LogP contribution in [-0.4, -0.2) is 11.8 Å². The van der Waals surface area contributed by atoms with Gasteiger partial charge in [0.1, 0.15) is 5.25 Å². The van der Waals surface area contributed by atoms with Crippen LogP contribution >= 0.6 is 46.6 Å². The topological polar surface area (TPSA) is 58.2 Å². The molecule has 0 aromatic heterocycles. The van der Waals surface area contributed by atoms with E-state index in [1.54, 1.807) is 48.5 Å². The molecular formula is C27H19Cl3N2O2S. The number of hydrogen-bond acceptors (Lipinski definition) is 3. The van der Waals surface area contributed by atoms with E-state index in [1.165, 1.54) is 11.8 Å². The highest BCUT2D eigenvalue weighted by molar-refractivity contribution is 8.00. The molecule has 0 saturated heterocycles. The molecule has 0 radical (unpaired) electrons. The largest absolute Gasteiger partial charge is 0.325 e. The fourth-order valence-corrected chi connectivity index (χ4v) is 5.15. The zero-order valence-corrected chi connectivity index (χ0v) is 21.3. The van der Waals surface area contributed by atoms with Gasteiger partial charge in [-0.3, -0.25) is 9.59 Å². The average Bonchev–Trinajstić information content (AvgIpc) is 2.82. The number of halogens is 3. The second kappa shape index (κ2) is 11.6. The number of rotatable bonds is 7. The molecule has 4 nitrogen and oxygen atoms in total. The third-order valence-electron chi connectivity index (χ3n) is 4.90. The van der Waals surface area contributed by atoms with Gasteiger partial charge in [-0.15, -0.1) is 11.8 Å². The van der Waals surface area contributed by atoms with Gasteiger partial charge in [0.25, 0.3) is 5.91 Å². The van der Waals surface area contributed by atoms with Crippen LogP contribution in [0, 0.1) is 0 Å². The molecule has 35 heavy (non-hydrogen) atoms. The summed E-state index contributed by atoms with van der Waals surface area (Å²) in [5.74, 6) is -0.502. The molecule has 4 aromatic carbocycles. The summed E-state index contributed by atoms with van der Waals surface area (Å²) in [5.41, 5.74) is 2.40. The highest BCUT2D eigenvalue weighted by Crippen LogP contribution is 2.37. The number of anilines is 2. The van der Waals surface area contributed by atoms with E-state index in [-0.39, 0.29) is 11.8 Å². The lowest BCUT2D eigenvalue weighted by molar-refractivity contribution is -0.115. The Morgan fingerprint density at radius 1 is 0.657 bits per heavy atom. The van der Waals surface area contributed by atoms with Gasteiger partial charge in [-0.05, 0) is 60.2 Å². The highest BCUT2D eigenvalue weighted by Gasteiger charge is 2.23. The van der Waals surface area contributed by atoms with Crippen molar-refractivity contribution in [3.05, 3.63) is 123 Å². The first-order valence-corrected chi connectivity index (χ1v) is 12.5. The molecular weight excluding hydrogens is 523 g/mol. The third-order valence-corrected chi connectivity index (χ3v) is 6.82. The molecule has 0 heterocycles. The fraction of sp³-hybridized carbons (Fsp3) is 0.0370. The standard InChI is InChI=1S/C27H19Cl3N2O2S/c28-19-9-4-8-18(12-19)26(33)31-22-10-5-11-24(16-22)35-25(17-6-2-1-3-7-17)27(34)32-23-14-20(29)13-21(30)15-23/h1-16,25H,(H,31,33)(H,32,34). The van der Waals surface area contributed by atoms with E-state index < -0.39 is 5.25 Å². The first-order chi connectivity index (χ1) is 16.9. The van der Waals surface area contributed by atoms with Crippen molar-refractivity contribution >= 4 is 69.8 Å². The zero-order chi connectivity index (χ0) is 24.8. The Morgan fingerprint density at radius 3 is 2.09 bits per heavy atom. The number of nitrogens with one attached hydrogen (secondary N) is 2. The Morgan fingerprint density at radius 2 is 1.37 bits per heavy atom. The summed E-state index contributed by atoms with van der Waals surface area (Å²) < 4.78 is 0. The SMILES string of the molecule is O=C(Nc1cccc(SC(C(=O)Nc2cc(Cl)cc(Cl)c2)c2ccccc2)c1)c1cccc(Cl)c1. The van der Waals surface area contributed by atoms with Crippen molar-refractivity contribution in [2.75, 3.05) is 10.6 Å². The molecule has 0 fully saturated rings. The quantitative estimate of drug-likeness (QED) is 0.231. The predicted octanol–water partition coefficient (Wildman–Crippen LogP) is 8.37. The molecule has 0 aliphatic carbocycles. The minimum Gasteiger partial charge on any atom is -0.325 e. The van der Waals surface area contributed by atoms with Gasteiger partial charge >= 0.3 is 0 Å². The summed E-state index contributed by atoms with van der Waals surface area (Å²) in [7, 11) is 0. The molecule has 0 saturated carbocycles. The number of thioether (sulfide) groups is 1. The van der Waals surface area contributed by atoms with E-state index in [1.807, 2.05) is 48.5 Å². The molecule has 0 aliphatic heterocycles. The van der Waals surface area contributed by atoms with Crippen LogP contribution in [0.3, 0.4) is 0 Å². The summed E-state index contributed by atoms with van der Waals surface area (Å²) in [4.78, 5) is 26.8. The van der Waals surface area contributed by atoms with E-state index in [9.17, 15) is 9.59 Å². The first-order valence-electron chi connectivity index (χ1n) is 10.5. The van der Waals surface area contributed by atoms with Crippen molar-refractivity contribution in [1.82, 2.24) is 0 Å². The van der Waals surface area contributed by atoms with Crippen LogP contribution in [0.1, 0.15) is 21.2 Å². The number of hydrogen-bond donors (Lipinski definition) is 2. The van der Waals surface area contributed by atoms with Gasteiger partial charge in [0.15, 0.2) is 0 Å². The van der Waals surface area contributed by atoms with Crippen LogP contribution in [-0.2, 0) is 4.79 Å². The maximum Gasteiger partial charge on any atom is 0.255 e. The van der Waals surface area contributed by atoms with Gasteiger partial charge in [0.2, 0.25) is 5.91 Å². The van der Waals surface area contributed by atoms with Gasteiger partial charge in [-0.1, -0.05) is 77.3 Å². The minimum atomic E-state index is -0.562. The summed E-state index contributed by atoms with van der Waals surface area (Å²) in [6.45, 7) is 0. The normalized spacial score (nSPS) is 11.5. The van der Waals surface area contributed by atoms with E-state index in [4.69, 9.17) is 34.8 Å². The Balaban J connectivity index is 1.55. The van der Waals surface area contributed by atoms with Crippen molar-refractivity contribution < 1.29 is 9.59 Å². The van der Waals surface area contributed by atoms with Crippen LogP contribution in [0.5, 0.6) is 0 Å². The number of carbonyl (C=O) groups excluding carboxylic acids is 2. The number of carbonyl (C=O) groups is 2. The van der Waals surface area contributed by atoms with Crippen molar-refractivity contribution in [1.29, 1.82) is 0 Å².